The molecule has 1 amide bonds. The van der Waals surface area contributed by atoms with Crippen molar-refractivity contribution in [2.75, 3.05) is 6.61 Å². The van der Waals surface area contributed by atoms with Gasteiger partial charge < -0.3 is 14.8 Å². The summed E-state index contributed by atoms with van der Waals surface area (Å²) in [6.45, 7) is 1.58. The third-order valence-corrected chi connectivity index (χ3v) is 3.64. The summed E-state index contributed by atoms with van der Waals surface area (Å²) in [5.74, 6) is -0.144. The zero-order valence-electron chi connectivity index (χ0n) is 12.8. The van der Waals surface area contributed by atoms with Crippen LogP contribution >= 0.6 is 11.6 Å². The minimum Gasteiger partial charge on any atom is -0.493 e. The van der Waals surface area contributed by atoms with Gasteiger partial charge in [-0.2, -0.15) is 0 Å². The maximum absolute atomic E-state index is 11.8. The number of para-hydroxylation sites is 1. The first-order valence-corrected chi connectivity index (χ1v) is 7.55. The van der Waals surface area contributed by atoms with E-state index in [1.807, 2.05) is 19.1 Å². The molecule has 0 saturated carbocycles. The number of H-pyrrole nitrogens is 1. The van der Waals surface area contributed by atoms with Gasteiger partial charge >= 0.3 is 5.91 Å². The van der Waals surface area contributed by atoms with Crippen LogP contribution < -0.4 is 4.74 Å². The number of aromatic hydroxyl groups is 1. The number of aryl methyl sites for hydroxylation is 1. The summed E-state index contributed by atoms with van der Waals surface area (Å²) in [5, 5.41) is 18.6. The number of nitrogens with zero attached hydrogens (tertiary/aromatic N) is 2. The Hall–Kier alpha value is -2.86. The molecule has 0 radical (unpaired) electrons. The molecule has 122 valence electrons. The van der Waals surface area contributed by atoms with Crippen LogP contribution in [0.3, 0.4) is 0 Å². The second-order valence-corrected chi connectivity index (χ2v) is 5.60. The van der Waals surface area contributed by atoms with Crippen LogP contribution in [0.5, 0.6) is 11.6 Å². The van der Waals surface area contributed by atoms with E-state index in [2.05, 4.69) is 15.2 Å². The van der Waals surface area contributed by atoms with Gasteiger partial charge in [0.2, 0.25) is 5.88 Å². The Balaban J connectivity index is 1.70. The molecule has 3 rings (SSSR count). The molecule has 0 saturated heterocycles. The van der Waals surface area contributed by atoms with Gasteiger partial charge in [0.1, 0.15) is 5.75 Å². The number of hydrogen-bond acceptors (Lipinski definition) is 4. The first-order chi connectivity index (χ1) is 11.5. The van der Waals surface area contributed by atoms with Crippen LogP contribution in [0.15, 0.2) is 52.7 Å². The molecule has 0 aliphatic rings. The molecule has 2 N–H and O–H groups in total. The van der Waals surface area contributed by atoms with Gasteiger partial charge in [-0.1, -0.05) is 29.8 Å². The Kier molecular flexibility index (Phi) is 4.48. The number of aromatic nitrogens is 1. The summed E-state index contributed by atoms with van der Waals surface area (Å²) >= 11 is 5.87. The van der Waals surface area contributed by atoms with Crippen LogP contribution in [0.25, 0.3) is 10.9 Å². The van der Waals surface area contributed by atoms with Crippen LogP contribution in [0, 0.1) is 6.92 Å². The van der Waals surface area contributed by atoms with E-state index < -0.39 is 5.91 Å². The van der Waals surface area contributed by atoms with E-state index in [-0.39, 0.29) is 18.2 Å². The van der Waals surface area contributed by atoms with Crippen molar-refractivity contribution in [3.63, 3.8) is 0 Å². The number of carbonyl (C=O) groups is 1. The van der Waals surface area contributed by atoms with Crippen molar-refractivity contribution in [1.29, 1.82) is 0 Å². The number of nitrogens with one attached hydrogen (secondary N) is 1. The van der Waals surface area contributed by atoms with Gasteiger partial charge in [-0.3, -0.25) is 4.79 Å². The fourth-order valence-corrected chi connectivity index (χ4v) is 2.49. The highest BCUT2D eigenvalue weighted by Gasteiger charge is 2.10. The highest BCUT2D eigenvalue weighted by Crippen LogP contribution is 2.35. The Bertz CT molecular complexity index is 934. The van der Waals surface area contributed by atoms with Crippen LogP contribution in [-0.4, -0.2) is 22.6 Å². The largest absolute Gasteiger partial charge is 0.493 e. The average Bonchev–Trinajstić information content (AvgIpc) is 2.87. The highest BCUT2D eigenvalue weighted by molar-refractivity contribution is 6.30. The predicted octanol–water partition coefficient (Wildman–Crippen LogP) is 4.52. The number of halogens is 1. The normalized spacial score (nSPS) is 11.2. The third-order valence-electron chi connectivity index (χ3n) is 3.41. The molecule has 1 heterocycles. The molecule has 2 aromatic carbocycles. The number of amides is 1. The summed E-state index contributed by atoms with van der Waals surface area (Å²) in [6, 6.07) is 12.3. The van der Waals surface area contributed by atoms with Crippen molar-refractivity contribution in [2.45, 2.75) is 6.92 Å². The molecule has 0 aliphatic carbocycles. The molecule has 3 aromatic rings. The number of aromatic amines is 1. The molecule has 0 bridgehead atoms. The van der Waals surface area contributed by atoms with Gasteiger partial charge in [-0.05, 0) is 36.8 Å². The van der Waals surface area contributed by atoms with Crippen molar-refractivity contribution in [3.8, 4) is 11.6 Å². The standard InChI is InChI=1S/C17H14ClN3O3/c1-10-8-11(18)6-7-14(10)24-9-15(22)20-21-16-12-4-2-3-5-13(12)19-17(16)23/h2-8,19,23H,9H2,1H3. The van der Waals surface area contributed by atoms with E-state index in [0.717, 1.165) is 5.56 Å². The Labute approximate surface area is 142 Å². The zero-order valence-corrected chi connectivity index (χ0v) is 13.5. The van der Waals surface area contributed by atoms with Gasteiger partial charge in [0.15, 0.2) is 12.3 Å². The molecule has 0 atom stereocenters. The molecule has 0 aliphatic heterocycles. The van der Waals surface area contributed by atoms with Crippen molar-refractivity contribution in [1.82, 2.24) is 4.98 Å². The minimum atomic E-state index is -0.561. The van der Waals surface area contributed by atoms with E-state index in [1.54, 1.807) is 30.3 Å². The number of benzene rings is 2. The number of hydrogen-bond donors (Lipinski definition) is 2. The number of carbonyl (C=O) groups excluding carboxylic acids is 1. The molecule has 7 heteroatoms. The van der Waals surface area contributed by atoms with E-state index in [1.165, 1.54) is 0 Å². The van der Waals surface area contributed by atoms with E-state index in [9.17, 15) is 9.90 Å². The minimum absolute atomic E-state index is 0.137. The topological polar surface area (TPSA) is 87.0 Å². The Morgan fingerprint density at radius 3 is 2.88 bits per heavy atom. The van der Waals surface area contributed by atoms with Crippen molar-refractivity contribution in [3.05, 3.63) is 53.1 Å². The van der Waals surface area contributed by atoms with Gasteiger partial charge in [0.25, 0.3) is 0 Å². The van der Waals surface area contributed by atoms with Crippen LogP contribution in [0.2, 0.25) is 5.02 Å². The molecule has 0 spiro atoms. The molecular weight excluding hydrogens is 330 g/mol. The fourth-order valence-electron chi connectivity index (χ4n) is 2.26. The smallest absolute Gasteiger partial charge is 0.302 e. The Morgan fingerprint density at radius 2 is 2.08 bits per heavy atom. The molecule has 1 aromatic heterocycles. The monoisotopic (exact) mass is 343 g/mol. The summed E-state index contributed by atoms with van der Waals surface area (Å²) in [4.78, 5) is 14.6. The predicted molar refractivity (Wildman–Crippen MR) is 91.2 cm³/mol. The fraction of sp³-hybridized carbons (Fsp3) is 0.118. The van der Waals surface area contributed by atoms with Gasteiger partial charge in [0.05, 0.1) is 5.52 Å². The number of ether oxygens (including phenoxy) is 1. The summed E-state index contributed by atoms with van der Waals surface area (Å²) < 4.78 is 5.41. The third kappa shape index (κ3) is 3.38. The molecule has 6 nitrogen and oxygen atoms in total. The van der Waals surface area contributed by atoms with Gasteiger partial charge in [0, 0.05) is 10.4 Å². The lowest BCUT2D eigenvalue weighted by atomic mass is 10.2. The molecule has 24 heavy (non-hydrogen) atoms. The van der Waals surface area contributed by atoms with Gasteiger partial charge in [-0.25, -0.2) is 0 Å². The molecular formula is C17H14ClN3O3. The Morgan fingerprint density at radius 1 is 1.29 bits per heavy atom. The lowest BCUT2D eigenvalue weighted by molar-refractivity contribution is -0.120. The second kappa shape index (κ2) is 6.72. The lowest BCUT2D eigenvalue weighted by Gasteiger charge is -2.06. The number of azo groups is 1. The second-order valence-electron chi connectivity index (χ2n) is 5.16. The van der Waals surface area contributed by atoms with E-state index >= 15 is 0 Å². The first-order valence-electron chi connectivity index (χ1n) is 7.18. The summed E-state index contributed by atoms with van der Waals surface area (Å²) in [6.07, 6.45) is 0. The first kappa shape index (κ1) is 16.0. The summed E-state index contributed by atoms with van der Waals surface area (Å²) in [7, 11) is 0. The van der Waals surface area contributed by atoms with E-state index in [4.69, 9.17) is 16.3 Å². The van der Waals surface area contributed by atoms with Crippen molar-refractivity contribution in [2.24, 2.45) is 10.2 Å². The SMILES string of the molecule is Cc1cc(Cl)ccc1OCC(=O)N=Nc1c(O)[nH]c2ccccc12. The number of fused-ring (bicyclic) bond motifs is 1. The zero-order chi connectivity index (χ0) is 17.1. The van der Waals surface area contributed by atoms with Crippen LogP contribution in [-0.2, 0) is 4.79 Å². The average molecular weight is 344 g/mol. The van der Waals surface area contributed by atoms with Crippen molar-refractivity contribution < 1.29 is 14.6 Å². The maximum Gasteiger partial charge on any atom is 0.302 e. The molecule has 0 unspecified atom stereocenters. The van der Waals surface area contributed by atoms with Crippen LogP contribution in [0.1, 0.15) is 5.56 Å². The maximum atomic E-state index is 11.8. The van der Waals surface area contributed by atoms with Crippen molar-refractivity contribution >= 4 is 34.1 Å². The quantitative estimate of drug-likeness (QED) is 0.682. The summed E-state index contributed by atoms with van der Waals surface area (Å²) in [5.41, 5.74) is 1.76. The number of rotatable bonds is 4. The highest BCUT2D eigenvalue weighted by atomic mass is 35.5. The van der Waals surface area contributed by atoms with Gasteiger partial charge in [-0.15, -0.1) is 10.2 Å². The van der Waals surface area contributed by atoms with E-state index in [0.29, 0.717) is 21.7 Å². The molecule has 0 fully saturated rings. The van der Waals surface area contributed by atoms with Crippen LogP contribution in [0.4, 0.5) is 5.69 Å². The lowest BCUT2D eigenvalue weighted by Crippen LogP contribution is -2.08.